The third-order valence-electron chi connectivity index (χ3n) is 1.61. The van der Waals surface area contributed by atoms with Crippen LogP contribution >= 0.6 is 22.9 Å². The summed E-state index contributed by atoms with van der Waals surface area (Å²) in [5.41, 5.74) is 0. The van der Waals surface area contributed by atoms with E-state index >= 15 is 0 Å². The van der Waals surface area contributed by atoms with Gasteiger partial charge in [0, 0.05) is 15.6 Å². The lowest BCUT2D eigenvalue weighted by atomic mass is 10.3. The molecule has 0 saturated heterocycles. The van der Waals surface area contributed by atoms with Gasteiger partial charge in [-0.05, 0) is 19.1 Å². The van der Waals surface area contributed by atoms with Crippen LogP contribution in [0.15, 0.2) is 12.1 Å². The number of hydrogen-bond donors (Lipinski definition) is 1. The van der Waals surface area contributed by atoms with E-state index in [0.717, 1.165) is 4.88 Å². The Morgan fingerprint density at radius 3 is 2.86 bits per heavy atom. The highest BCUT2D eigenvalue weighted by atomic mass is 35.5. The van der Waals surface area contributed by atoms with Gasteiger partial charge in [0.15, 0.2) is 6.10 Å². The van der Waals surface area contributed by atoms with Crippen molar-refractivity contribution in [1.29, 1.82) is 0 Å². The minimum atomic E-state index is -0.975. The molecule has 0 bridgehead atoms. The molecule has 0 amide bonds. The molecule has 0 aliphatic rings. The predicted octanol–water partition coefficient (Wildman–Crippen LogP) is 2.44. The molecule has 1 aromatic heterocycles. The van der Waals surface area contributed by atoms with Crippen molar-refractivity contribution in [1.82, 2.24) is 0 Å². The number of carboxylic acid groups (broad SMARTS) is 1. The van der Waals surface area contributed by atoms with Gasteiger partial charge in [-0.25, -0.2) is 4.79 Å². The monoisotopic (exact) mass is 234 g/mol. The van der Waals surface area contributed by atoms with Crippen molar-refractivity contribution < 1.29 is 14.6 Å². The number of alkyl halides is 1. The third kappa shape index (κ3) is 2.97. The van der Waals surface area contributed by atoms with E-state index in [4.69, 9.17) is 21.4 Å². The van der Waals surface area contributed by atoms with E-state index in [1.807, 2.05) is 13.0 Å². The molecule has 1 rings (SSSR count). The van der Waals surface area contributed by atoms with Crippen molar-refractivity contribution in [2.24, 2.45) is 0 Å². The van der Waals surface area contributed by atoms with Crippen molar-refractivity contribution in [3.63, 3.8) is 0 Å². The summed E-state index contributed by atoms with van der Waals surface area (Å²) in [5.74, 6) is -0.675. The molecule has 0 aliphatic heterocycles. The smallest absolute Gasteiger partial charge is 0.338 e. The molecule has 0 aromatic carbocycles. The Morgan fingerprint density at radius 1 is 1.71 bits per heavy atom. The number of halogens is 1. The van der Waals surface area contributed by atoms with Gasteiger partial charge in [-0.3, -0.25) is 0 Å². The third-order valence-corrected chi connectivity index (χ3v) is 2.80. The maximum atomic E-state index is 10.9. The highest BCUT2D eigenvalue weighted by Gasteiger charge is 2.21. The molecule has 0 saturated carbocycles. The fourth-order valence-electron chi connectivity index (χ4n) is 1.03. The van der Waals surface area contributed by atoms with Crippen LogP contribution < -0.4 is 0 Å². The lowest BCUT2D eigenvalue weighted by Gasteiger charge is -2.10. The fourth-order valence-corrected chi connectivity index (χ4v) is 2.04. The molecule has 1 atom stereocenters. The van der Waals surface area contributed by atoms with E-state index in [1.54, 1.807) is 6.07 Å². The lowest BCUT2D eigenvalue weighted by Crippen LogP contribution is -2.15. The molecule has 0 radical (unpaired) electrons. The van der Waals surface area contributed by atoms with Gasteiger partial charge in [0.2, 0.25) is 0 Å². The first kappa shape index (κ1) is 11.5. The number of carboxylic acids is 1. The first-order valence-corrected chi connectivity index (χ1v) is 5.47. The molecule has 78 valence electrons. The molecule has 3 nitrogen and oxygen atoms in total. The average molecular weight is 235 g/mol. The normalized spacial score (nSPS) is 12.7. The van der Waals surface area contributed by atoms with E-state index in [9.17, 15) is 4.79 Å². The van der Waals surface area contributed by atoms with E-state index in [0.29, 0.717) is 10.8 Å². The average Bonchev–Trinajstić information content (AvgIpc) is 2.52. The number of hydrogen-bond acceptors (Lipinski definition) is 3. The van der Waals surface area contributed by atoms with Crippen LogP contribution in [-0.4, -0.2) is 23.6 Å². The van der Waals surface area contributed by atoms with Crippen molar-refractivity contribution in [3.8, 4) is 0 Å². The fraction of sp³-hybridized carbons (Fsp3) is 0.444. The Balaban J connectivity index is 2.72. The van der Waals surface area contributed by atoms with Crippen LogP contribution in [0, 0.1) is 6.92 Å². The van der Waals surface area contributed by atoms with Gasteiger partial charge in [0.25, 0.3) is 0 Å². The van der Waals surface area contributed by atoms with Crippen molar-refractivity contribution >= 4 is 28.9 Å². The number of thiophene rings is 1. The SMILES string of the molecule is Cc1ccc(C(OCCCl)C(=O)O)s1. The van der Waals surface area contributed by atoms with Gasteiger partial charge in [0.1, 0.15) is 0 Å². The second-order valence-electron chi connectivity index (χ2n) is 2.73. The van der Waals surface area contributed by atoms with Crippen molar-refractivity contribution in [3.05, 3.63) is 21.9 Å². The van der Waals surface area contributed by atoms with Gasteiger partial charge in [-0.1, -0.05) is 0 Å². The Morgan fingerprint density at radius 2 is 2.43 bits per heavy atom. The number of aliphatic carboxylic acids is 1. The van der Waals surface area contributed by atoms with Crippen LogP contribution in [0.3, 0.4) is 0 Å². The molecule has 1 aromatic rings. The Bertz CT molecular complexity index is 311. The van der Waals surface area contributed by atoms with E-state index in [1.165, 1.54) is 11.3 Å². The van der Waals surface area contributed by atoms with Crippen LogP contribution in [0.25, 0.3) is 0 Å². The molecule has 5 heteroatoms. The summed E-state index contributed by atoms with van der Waals surface area (Å²) in [6.07, 6.45) is -0.882. The van der Waals surface area contributed by atoms with Crippen LogP contribution in [0.4, 0.5) is 0 Å². The first-order chi connectivity index (χ1) is 6.65. The summed E-state index contributed by atoms with van der Waals surface area (Å²) in [6.45, 7) is 2.17. The molecule has 0 aliphatic carbocycles. The highest BCUT2D eigenvalue weighted by molar-refractivity contribution is 7.12. The molecular formula is C9H11ClO3S. The van der Waals surface area contributed by atoms with Crippen molar-refractivity contribution in [2.75, 3.05) is 12.5 Å². The van der Waals surface area contributed by atoms with Gasteiger partial charge >= 0.3 is 5.97 Å². The van der Waals surface area contributed by atoms with E-state index in [2.05, 4.69) is 0 Å². The Hall–Kier alpha value is -0.580. The molecule has 14 heavy (non-hydrogen) atoms. The van der Waals surface area contributed by atoms with Gasteiger partial charge < -0.3 is 9.84 Å². The maximum Gasteiger partial charge on any atom is 0.338 e. The number of carbonyl (C=O) groups is 1. The first-order valence-electron chi connectivity index (χ1n) is 4.12. The summed E-state index contributed by atoms with van der Waals surface area (Å²) in [4.78, 5) is 12.6. The number of rotatable bonds is 5. The topological polar surface area (TPSA) is 46.5 Å². The zero-order chi connectivity index (χ0) is 10.6. The van der Waals surface area contributed by atoms with Crippen molar-refractivity contribution in [2.45, 2.75) is 13.0 Å². The minimum Gasteiger partial charge on any atom is -0.479 e. The van der Waals surface area contributed by atoms with Crippen LogP contribution in [-0.2, 0) is 9.53 Å². The lowest BCUT2D eigenvalue weighted by molar-refractivity contribution is -0.150. The Labute approximate surface area is 91.3 Å². The number of ether oxygens (including phenoxy) is 1. The van der Waals surface area contributed by atoms with Crippen LogP contribution in [0.1, 0.15) is 15.9 Å². The second-order valence-corrected chi connectivity index (χ2v) is 4.42. The van der Waals surface area contributed by atoms with Crippen LogP contribution in [0.2, 0.25) is 0 Å². The molecular weight excluding hydrogens is 224 g/mol. The molecule has 1 unspecified atom stereocenters. The van der Waals surface area contributed by atoms with Gasteiger partial charge in [-0.15, -0.1) is 22.9 Å². The maximum absolute atomic E-state index is 10.9. The zero-order valence-electron chi connectivity index (χ0n) is 7.70. The van der Waals surface area contributed by atoms with E-state index < -0.39 is 12.1 Å². The second kappa shape index (κ2) is 5.34. The minimum absolute atomic E-state index is 0.246. The molecule has 1 heterocycles. The summed E-state index contributed by atoms with van der Waals surface area (Å²) in [6, 6.07) is 3.65. The van der Waals surface area contributed by atoms with Gasteiger partial charge in [0.05, 0.1) is 6.61 Å². The summed E-state index contributed by atoms with van der Waals surface area (Å²) in [5, 5.41) is 8.90. The zero-order valence-corrected chi connectivity index (χ0v) is 9.27. The predicted molar refractivity (Wildman–Crippen MR) is 56.1 cm³/mol. The molecule has 1 N–H and O–H groups in total. The van der Waals surface area contributed by atoms with Crippen LogP contribution in [0.5, 0.6) is 0 Å². The summed E-state index contributed by atoms with van der Waals surface area (Å²) < 4.78 is 5.13. The molecule has 0 spiro atoms. The standard InChI is InChI=1S/C9H11ClO3S/c1-6-2-3-7(14-6)8(9(11)12)13-5-4-10/h2-3,8H,4-5H2,1H3,(H,11,12). The largest absolute Gasteiger partial charge is 0.479 e. The quantitative estimate of drug-likeness (QED) is 0.796. The number of aryl methyl sites for hydroxylation is 1. The van der Waals surface area contributed by atoms with E-state index in [-0.39, 0.29) is 6.61 Å². The summed E-state index contributed by atoms with van der Waals surface area (Å²) in [7, 11) is 0. The molecule has 0 fully saturated rings. The van der Waals surface area contributed by atoms with Gasteiger partial charge in [-0.2, -0.15) is 0 Å². The summed E-state index contributed by atoms with van der Waals surface area (Å²) >= 11 is 6.85. The highest BCUT2D eigenvalue weighted by Crippen LogP contribution is 2.25. The Kier molecular flexibility index (Phi) is 4.38.